The zero-order valence-corrected chi connectivity index (χ0v) is 19.1. The summed E-state index contributed by atoms with van der Waals surface area (Å²) in [6.45, 7) is 2.31. The second kappa shape index (κ2) is 10.5. The van der Waals surface area contributed by atoms with E-state index in [1.54, 1.807) is 11.9 Å². The molecule has 1 aromatic heterocycles. The van der Waals surface area contributed by atoms with Crippen LogP contribution in [0.3, 0.4) is 0 Å². The Kier molecular flexibility index (Phi) is 7.31. The minimum absolute atomic E-state index is 0.00825. The van der Waals surface area contributed by atoms with Gasteiger partial charge in [-0.1, -0.05) is 35.9 Å². The maximum atomic E-state index is 12.8. The van der Waals surface area contributed by atoms with Gasteiger partial charge in [0, 0.05) is 35.8 Å². The normalized spacial score (nSPS) is 14.7. The maximum absolute atomic E-state index is 12.8. The summed E-state index contributed by atoms with van der Waals surface area (Å²) < 4.78 is 0. The SMILES string of the molecule is CN(Cc1ccc(Cl)cc1)C(=O)CN1CCC(C(=O)Nc2cccc(-c3nn[nH]n3)c2)CC1. The van der Waals surface area contributed by atoms with Gasteiger partial charge in [-0.25, -0.2) is 0 Å². The predicted molar refractivity (Wildman–Crippen MR) is 125 cm³/mol. The zero-order chi connectivity index (χ0) is 23.2. The first-order chi connectivity index (χ1) is 16.0. The van der Waals surface area contributed by atoms with Crippen LogP contribution in [0, 0.1) is 5.92 Å². The molecular weight excluding hydrogens is 442 g/mol. The molecule has 2 amide bonds. The maximum Gasteiger partial charge on any atom is 0.236 e. The topological polar surface area (TPSA) is 107 Å². The van der Waals surface area contributed by atoms with Crippen molar-refractivity contribution in [3.63, 3.8) is 0 Å². The van der Waals surface area contributed by atoms with E-state index < -0.39 is 0 Å². The number of benzene rings is 2. The van der Waals surface area contributed by atoms with Gasteiger partial charge in [-0.15, -0.1) is 10.2 Å². The van der Waals surface area contributed by atoms with Gasteiger partial charge in [-0.05, 0) is 61.0 Å². The molecule has 2 N–H and O–H groups in total. The van der Waals surface area contributed by atoms with E-state index in [1.165, 1.54) is 0 Å². The summed E-state index contributed by atoms with van der Waals surface area (Å²) >= 11 is 5.92. The lowest BCUT2D eigenvalue weighted by Gasteiger charge is -2.32. The first-order valence-electron chi connectivity index (χ1n) is 10.8. The average Bonchev–Trinajstić information content (AvgIpc) is 3.36. The Morgan fingerprint density at radius 2 is 1.94 bits per heavy atom. The molecule has 9 nitrogen and oxygen atoms in total. The Hall–Kier alpha value is -3.30. The predicted octanol–water partition coefficient (Wildman–Crippen LogP) is 2.83. The second-order valence-electron chi connectivity index (χ2n) is 8.23. The standard InChI is InChI=1S/C23H26ClN7O2/c1-30(14-16-5-7-19(24)8-6-16)21(32)15-31-11-9-17(10-12-31)23(33)25-20-4-2-3-18(13-20)22-26-28-29-27-22/h2-8,13,17H,9-12,14-15H2,1H3,(H,25,33)(H,26,27,28,29). The molecule has 0 saturated carbocycles. The van der Waals surface area contributed by atoms with Crippen molar-refractivity contribution in [2.24, 2.45) is 5.92 Å². The van der Waals surface area contributed by atoms with E-state index in [9.17, 15) is 9.59 Å². The van der Waals surface area contributed by atoms with Crippen molar-refractivity contribution in [1.29, 1.82) is 0 Å². The van der Waals surface area contributed by atoms with E-state index in [4.69, 9.17) is 11.6 Å². The summed E-state index contributed by atoms with van der Waals surface area (Å²) in [7, 11) is 1.81. The Labute approximate surface area is 197 Å². The fourth-order valence-electron chi connectivity index (χ4n) is 3.88. The van der Waals surface area contributed by atoms with Crippen LogP contribution in [0.2, 0.25) is 5.02 Å². The van der Waals surface area contributed by atoms with Crippen LogP contribution < -0.4 is 5.32 Å². The fourth-order valence-corrected chi connectivity index (χ4v) is 4.01. The molecular formula is C23H26ClN7O2. The molecule has 10 heteroatoms. The number of hydrogen-bond donors (Lipinski definition) is 2. The monoisotopic (exact) mass is 467 g/mol. The lowest BCUT2D eigenvalue weighted by atomic mass is 9.95. The molecule has 0 radical (unpaired) electrons. The zero-order valence-electron chi connectivity index (χ0n) is 18.4. The van der Waals surface area contributed by atoms with Gasteiger partial charge in [-0.3, -0.25) is 14.5 Å². The highest BCUT2D eigenvalue weighted by molar-refractivity contribution is 6.30. The molecule has 0 aliphatic carbocycles. The summed E-state index contributed by atoms with van der Waals surface area (Å²) in [5, 5.41) is 17.6. The molecule has 1 fully saturated rings. The molecule has 33 heavy (non-hydrogen) atoms. The van der Waals surface area contributed by atoms with E-state index in [0.29, 0.717) is 55.6 Å². The summed E-state index contributed by atoms with van der Waals surface area (Å²) in [6.07, 6.45) is 1.43. The molecule has 172 valence electrons. The molecule has 2 aromatic carbocycles. The smallest absolute Gasteiger partial charge is 0.236 e. The van der Waals surface area contributed by atoms with Gasteiger partial charge in [-0.2, -0.15) is 5.21 Å². The molecule has 4 rings (SSSR count). The fraction of sp³-hybridized carbons (Fsp3) is 0.348. The van der Waals surface area contributed by atoms with Crippen molar-refractivity contribution in [2.75, 3.05) is 32.0 Å². The average molecular weight is 468 g/mol. The number of carbonyl (C=O) groups excluding carboxylic acids is 2. The second-order valence-corrected chi connectivity index (χ2v) is 8.67. The number of amides is 2. The third-order valence-corrected chi connectivity index (χ3v) is 6.06. The first-order valence-corrected chi connectivity index (χ1v) is 11.2. The number of carbonyl (C=O) groups is 2. The molecule has 0 bridgehead atoms. The minimum Gasteiger partial charge on any atom is -0.340 e. The van der Waals surface area contributed by atoms with E-state index in [0.717, 1.165) is 11.1 Å². The molecule has 1 aliphatic rings. The van der Waals surface area contributed by atoms with E-state index in [1.807, 2.05) is 48.5 Å². The van der Waals surface area contributed by atoms with Gasteiger partial charge in [0.25, 0.3) is 0 Å². The highest BCUT2D eigenvalue weighted by atomic mass is 35.5. The van der Waals surface area contributed by atoms with Crippen molar-refractivity contribution in [1.82, 2.24) is 30.4 Å². The van der Waals surface area contributed by atoms with Gasteiger partial charge in [0.2, 0.25) is 17.6 Å². The van der Waals surface area contributed by atoms with Crippen LogP contribution >= 0.6 is 11.6 Å². The quantitative estimate of drug-likeness (QED) is 0.553. The number of H-pyrrole nitrogens is 1. The Morgan fingerprint density at radius 3 is 2.64 bits per heavy atom. The molecule has 2 heterocycles. The summed E-state index contributed by atoms with van der Waals surface area (Å²) in [6, 6.07) is 14.9. The number of aromatic amines is 1. The largest absolute Gasteiger partial charge is 0.340 e. The van der Waals surface area contributed by atoms with Crippen LogP contribution in [0.5, 0.6) is 0 Å². The molecule has 3 aromatic rings. The van der Waals surface area contributed by atoms with Crippen molar-refractivity contribution in [2.45, 2.75) is 19.4 Å². The van der Waals surface area contributed by atoms with Crippen LogP contribution in [-0.2, 0) is 16.1 Å². The minimum atomic E-state index is -0.0861. The Bertz CT molecular complexity index is 1080. The molecule has 0 atom stereocenters. The van der Waals surface area contributed by atoms with Gasteiger partial charge in [0.1, 0.15) is 0 Å². The van der Waals surface area contributed by atoms with Crippen LogP contribution in [0.25, 0.3) is 11.4 Å². The van der Waals surface area contributed by atoms with Crippen molar-refractivity contribution in [3.05, 3.63) is 59.1 Å². The van der Waals surface area contributed by atoms with Crippen LogP contribution in [0.15, 0.2) is 48.5 Å². The molecule has 0 spiro atoms. The lowest BCUT2D eigenvalue weighted by Crippen LogP contribution is -2.43. The number of halogens is 1. The first kappa shape index (κ1) is 22.9. The number of aromatic nitrogens is 4. The third-order valence-electron chi connectivity index (χ3n) is 5.81. The van der Waals surface area contributed by atoms with Crippen molar-refractivity contribution < 1.29 is 9.59 Å². The van der Waals surface area contributed by atoms with Gasteiger partial charge >= 0.3 is 0 Å². The third kappa shape index (κ3) is 6.15. The van der Waals surface area contributed by atoms with Crippen LogP contribution in [0.4, 0.5) is 5.69 Å². The Balaban J connectivity index is 1.24. The summed E-state index contributed by atoms with van der Waals surface area (Å²) in [5.41, 5.74) is 2.51. The highest BCUT2D eigenvalue weighted by Crippen LogP contribution is 2.22. The highest BCUT2D eigenvalue weighted by Gasteiger charge is 2.26. The Morgan fingerprint density at radius 1 is 1.18 bits per heavy atom. The van der Waals surface area contributed by atoms with Crippen LogP contribution in [-0.4, -0.2) is 68.9 Å². The van der Waals surface area contributed by atoms with Crippen molar-refractivity contribution in [3.8, 4) is 11.4 Å². The summed E-state index contributed by atoms with van der Waals surface area (Å²) in [4.78, 5) is 29.2. The molecule has 1 aliphatic heterocycles. The van der Waals surface area contributed by atoms with E-state index in [-0.39, 0.29) is 17.7 Å². The molecule has 1 saturated heterocycles. The summed E-state index contributed by atoms with van der Waals surface area (Å²) in [5.74, 6) is 0.444. The number of anilines is 1. The van der Waals surface area contributed by atoms with E-state index >= 15 is 0 Å². The van der Waals surface area contributed by atoms with E-state index in [2.05, 4.69) is 30.8 Å². The number of likely N-dealkylation sites (tertiary alicyclic amines) is 1. The number of likely N-dealkylation sites (N-methyl/N-ethyl adjacent to an activating group) is 1. The van der Waals surface area contributed by atoms with Gasteiger partial charge in [0.05, 0.1) is 6.54 Å². The number of rotatable bonds is 7. The number of piperidine rings is 1. The molecule has 0 unspecified atom stereocenters. The van der Waals surface area contributed by atoms with Gasteiger partial charge in [0.15, 0.2) is 0 Å². The number of hydrogen-bond acceptors (Lipinski definition) is 6. The van der Waals surface area contributed by atoms with Gasteiger partial charge < -0.3 is 10.2 Å². The van der Waals surface area contributed by atoms with Crippen molar-refractivity contribution >= 4 is 29.1 Å². The lowest BCUT2D eigenvalue weighted by molar-refractivity contribution is -0.132. The van der Waals surface area contributed by atoms with Crippen LogP contribution in [0.1, 0.15) is 18.4 Å². The number of nitrogens with zero attached hydrogens (tertiary/aromatic N) is 5. The number of tetrazole rings is 1. The number of nitrogens with one attached hydrogen (secondary N) is 2.